The normalized spacial score (nSPS) is 22.0. The minimum Gasteiger partial charge on any atom is -0.378 e. The van der Waals surface area contributed by atoms with Gasteiger partial charge in [-0.2, -0.15) is 0 Å². The highest BCUT2D eigenvalue weighted by Gasteiger charge is 2.22. The van der Waals surface area contributed by atoms with E-state index in [2.05, 4.69) is 4.72 Å². The summed E-state index contributed by atoms with van der Waals surface area (Å²) in [5.74, 6) is 0.0929. The third-order valence-electron chi connectivity index (χ3n) is 4.31. The molecular weight excluding hydrogens is 316 g/mol. The zero-order chi connectivity index (χ0) is 16.3. The molecule has 126 valence electrons. The van der Waals surface area contributed by atoms with Crippen LogP contribution < -0.4 is 9.62 Å². The van der Waals surface area contributed by atoms with E-state index in [0.29, 0.717) is 25.9 Å². The number of nitrogens with one attached hydrogen (secondary N) is 1. The number of rotatable bonds is 6. The second-order valence-corrected chi connectivity index (χ2v) is 7.73. The summed E-state index contributed by atoms with van der Waals surface area (Å²) in [4.78, 5) is 13.6. The number of ether oxygens (including phenoxy) is 1. The third kappa shape index (κ3) is 3.91. The summed E-state index contributed by atoms with van der Waals surface area (Å²) in [5.41, 5.74) is 0.755. The largest absolute Gasteiger partial charge is 0.378 e. The van der Waals surface area contributed by atoms with Crippen LogP contribution >= 0.6 is 0 Å². The van der Waals surface area contributed by atoms with Crippen LogP contribution in [-0.4, -0.2) is 40.1 Å². The maximum absolute atomic E-state index is 12.3. The first-order valence-electron chi connectivity index (χ1n) is 8.08. The summed E-state index contributed by atoms with van der Waals surface area (Å²) in [6.45, 7) is 1.85. The smallest absolute Gasteiger partial charge is 0.240 e. The van der Waals surface area contributed by atoms with Crippen molar-refractivity contribution in [3.63, 3.8) is 0 Å². The summed E-state index contributed by atoms with van der Waals surface area (Å²) in [5, 5.41) is 0. The van der Waals surface area contributed by atoms with Gasteiger partial charge in [-0.1, -0.05) is 0 Å². The van der Waals surface area contributed by atoms with Gasteiger partial charge < -0.3 is 9.64 Å². The van der Waals surface area contributed by atoms with E-state index in [-0.39, 0.29) is 16.9 Å². The monoisotopic (exact) mass is 338 g/mol. The summed E-state index contributed by atoms with van der Waals surface area (Å²) >= 11 is 0. The van der Waals surface area contributed by atoms with Gasteiger partial charge in [-0.3, -0.25) is 4.79 Å². The molecule has 1 atom stereocenters. The second-order valence-electron chi connectivity index (χ2n) is 5.96. The fourth-order valence-corrected chi connectivity index (χ4v) is 4.08. The van der Waals surface area contributed by atoms with Crippen molar-refractivity contribution in [3.05, 3.63) is 24.3 Å². The fraction of sp³-hybridized carbons (Fsp3) is 0.562. The second kappa shape index (κ2) is 6.98. The van der Waals surface area contributed by atoms with Crippen LogP contribution in [0.1, 0.15) is 32.1 Å². The number of carbonyl (C=O) groups is 1. The van der Waals surface area contributed by atoms with Gasteiger partial charge in [-0.15, -0.1) is 0 Å². The van der Waals surface area contributed by atoms with Crippen molar-refractivity contribution in [1.29, 1.82) is 0 Å². The van der Waals surface area contributed by atoms with Crippen molar-refractivity contribution in [1.82, 2.24) is 4.72 Å². The van der Waals surface area contributed by atoms with Crippen molar-refractivity contribution in [3.8, 4) is 0 Å². The summed E-state index contributed by atoms with van der Waals surface area (Å²) < 4.78 is 32.6. The van der Waals surface area contributed by atoms with Crippen molar-refractivity contribution < 1.29 is 17.9 Å². The highest BCUT2D eigenvalue weighted by molar-refractivity contribution is 7.89. The van der Waals surface area contributed by atoms with Gasteiger partial charge in [0.25, 0.3) is 0 Å². The molecule has 0 spiro atoms. The number of hydrogen-bond donors (Lipinski definition) is 1. The Morgan fingerprint density at radius 2 is 2.00 bits per heavy atom. The van der Waals surface area contributed by atoms with Gasteiger partial charge in [0.05, 0.1) is 11.0 Å². The van der Waals surface area contributed by atoms with E-state index in [1.54, 1.807) is 29.2 Å². The van der Waals surface area contributed by atoms with E-state index in [1.807, 2.05) is 0 Å². The number of sulfonamides is 1. The molecule has 2 aliphatic rings. The molecule has 1 aromatic carbocycles. The highest BCUT2D eigenvalue weighted by Crippen LogP contribution is 2.23. The van der Waals surface area contributed by atoms with Crippen LogP contribution in [0.15, 0.2) is 29.2 Å². The minimum atomic E-state index is -3.51. The maximum atomic E-state index is 12.3. The molecule has 1 amide bonds. The SMILES string of the molecule is O=C1CCCN1c1ccc(S(=O)(=O)NCC[C@H]2CCCO2)cc1. The Kier molecular flexibility index (Phi) is 4.99. The standard InChI is InChI=1S/C16H22N2O4S/c19-16-4-1-11-18(16)13-5-7-15(8-6-13)23(20,21)17-10-9-14-3-2-12-22-14/h5-8,14,17H,1-4,9-12H2/t14-/m1/s1. The average Bonchev–Trinajstić information content (AvgIpc) is 3.19. The zero-order valence-electron chi connectivity index (χ0n) is 13.0. The quantitative estimate of drug-likeness (QED) is 0.856. The lowest BCUT2D eigenvalue weighted by atomic mass is 10.2. The number of nitrogens with zero attached hydrogens (tertiary/aromatic N) is 1. The van der Waals surface area contributed by atoms with E-state index in [9.17, 15) is 13.2 Å². The van der Waals surface area contributed by atoms with Crippen LogP contribution in [0.4, 0.5) is 5.69 Å². The molecule has 2 aliphatic heterocycles. The Hall–Kier alpha value is -1.44. The lowest BCUT2D eigenvalue weighted by Crippen LogP contribution is -2.27. The van der Waals surface area contributed by atoms with Crippen LogP contribution in [-0.2, 0) is 19.6 Å². The Morgan fingerprint density at radius 3 is 2.61 bits per heavy atom. The number of anilines is 1. The van der Waals surface area contributed by atoms with Gasteiger partial charge in [-0.25, -0.2) is 13.1 Å². The van der Waals surface area contributed by atoms with E-state index in [1.165, 1.54) is 0 Å². The average molecular weight is 338 g/mol. The lowest BCUT2D eigenvalue weighted by molar-refractivity contribution is -0.117. The van der Waals surface area contributed by atoms with Crippen molar-refractivity contribution in [2.24, 2.45) is 0 Å². The molecule has 1 N–H and O–H groups in total. The summed E-state index contributed by atoms with van der Waals surface area (Å²) in [6, 6.07) is 6.49. The molecule has 2 saturated heterocycles. The number of hydrogen-bond acceptors (Lipinski definition) is 4. The number of carbonyl (C=O) groups excluding carboxylic acids is 1. The zero-order valence-corrected chi connectivity index (χ0v) is 13.8. The van der Waals surface area contributed by atoms with E-state index < -0.39 is 10.0 Å². The van der Waals surface area contributed by atoms with Crippen LogP contribution in [0.25, 0.3) is 0 Å². The molecule has 0 unspecified atom stereocenters. The number of amides is 1. The molecule has 0 bridgehead atoms. The molecule has 23 heavy (non-hydrogen) atoms. The molecule has 6 nitrogen and oxygen atoms in total. The van der Waals surface area contributed by atoms with Crippen molar-refractivity contribution in [2.75, 3.05) is 24.6 Å². The minimum absolute atomic E-state index is 0.0929. The Balaban J connectivity index is 1.59. The van der Waals surface area contributed by atoms with Crippen LogP contribution in [0.5, 0.6) is 0 Å². The molecular formula is C16H22N2O4S. The maximum Gasteiger partial charge on any atom is 0.240 e. The predicted octanol–water partition coefficient (Wildman–Crippen LogP) is 1.66. The van der Waals surface area contributed by atoms with Gasteiger partial charge in [0.2, 0.25) is 15.9 Å². The number of benzene rings is 1. The topological polar surface area (TPSA) is 75.7 Å². The first kappa shape index (κ1) is 16.4. The molecule has 7 heteroatoms. The van der Waals surface area contributed by atoms with Gasteiger partial charge in [0.15, 0.2) is 0 Å². The van der Waals surface area contributed by atoms with Gasteiger partial charge in [0.1, 0.15) is 0 Å². The molecule has 1 aromatic rings. The Bertz CT molecular complexity index is 651. The molecule has 0 radical (unpaired) electrons. The van der Waals surface area contributed by atoms with Gasteiger partial charge in [-0.05, 0) is 49.9 Å². The Morgan fingerprint density at radius 1 is 1.22 bits per heavy atom. The third-order valence-corrected chi connectivity index (χ3v) is 5.79. The molecule has 0 aromatic heterocycles. The van der Waals surface area contributed by atoms with Crippen LogP contribution in [0.2, 0.25) is 0 Å². The van der Waals surface area contributed by atoms with Crippen LogP contribution in [0.3, 0.4) is 0 Å². The summed E-state index contributed by atoms with van der Waals surface area (Å²) in [7, 11) is -3.51. The highest BCUT2D eigenvalue weighted by atomic mass is 32.2. The van der Waals surface area contributed by atoms with Crippen molar-refractivity contribution in [2.45, 2.75) is 43.1 Å². The van der Waals surface area contributed by atoms with E-state index >= 15 is 0 Å². The molecule has 0 saturated carbocycles. The molecule has 0 aliphatic carbocycles. The summed E-state index contributed by atoms with van der Waals surface area (Å²) in [6.07, 6.45) is 4.32. The van der Waals surface area contributed by atoms with Crippen LogP contribution in [0, 0.1) is 0 Å². The molecule has 3 rings (SSSR count). The van der Waals surface area contributed by atoms with Gasteiger partial charge in [0, 0.05) is 31.8 Å². The van der Waals surface area contributed by atoms with Crippen molar-refractivity contribution >= 4 is 21.6 Å². The van der Waals surface area contributed by atoms with E-state index in [0.717, 1.165) is 31.6 Å². The first-order valence-corrected chi connectivity index (χ1v) is 9.56. The fourth-order valence-electron chi connectivity index (χ4n) is 3.04. The van der Waals surface area contributed by atoms with E-state index in [4.69, 9.17) is 4.74 Å². The Labute approximate surface area is 136 Å². The lowest BCUT2D eigenvalue weighted by Gasteiger charge is -2.16. The predicted molar refractivity (Wildman–Crippen MR) is 86.8 cm³/mol. The first-order chi connectivity index (χ1) is 11.1. The molecule has 2 fully saturated rings. The van der Waals surface area contributed by atoms with Gasteiger partial charge >= 0.3 is 0 Å². The molecule has 2 heterocycles.